The SMILES string of the molecule is NNC(Cc1c(F)cccc1F)c1cc(Br)ccc1Cl. The van der Waals surface area contributed by atoms with E-state index in [2.05, 4.69) is 21.4 Å². The van der Waals surface area contributed by atoms with Gasteiger partial charge in [0.2, 0.25) is 0 Å². The first-order valence-electron chi connectivity index (χ1n) is 5.87. The molecule has 2 aromatic rings. The predicted molar refractivity (Wildman–Crippen MR) is 79.3 cm³/mol. The Bertz CT molecular complexity index is 602. The largest absolute Gasteiger partial charge is 0.271 e. The minimum atomic E-state index is -0.601. The highest BCUT2D eigenvalue weighted by Gasteiger charge is 2.18. The van der Waals surface area contributed by atoms with Gasteiger partial charge < -0.3 is 0 Å². The van der Waals surface area contributed by atoms with Gasteiger partial charge in [0.1, 0.15) is 11.6 Å². The summed E-state index contributed by atoms with van der Waals surface area (Å²) in [7, 11) is 0. The van der Waals surface area contributed by atoms with E-state index in [9.17, 15) is 8.78 Å². The number of hydrazine groups is 1. The number of halogens is 4. The fourth-order valence-corrected chi connectivity index (χ4v) is 2.60. The summed E-state index contributed by atoms with van der Waals surface area (Å²) in [6.45, 7) is 0. The average Bonchev–Trinajstić information content (AvgIpc) is 2.42. The highest BCUT2D eigenvalue weighted by atomic mass is 79.9. The third-order valence-electron chi connectivity index (χ3n) is 3.00. The lowest BCUT2D eigenvalue weighted by molar-refractivity contribution is 0.500. The monoisotopic (exact) mass is 360 g/mol. The number of nitrogens with one attached hydrogen (secondary N) is 1. The molecule has 2 nitrogen and oxygen atoms in total. The van der Waals surface area contributed by atoms with Crippen LogP contribution < -0.4 is 11.3 Å². The van der Waals surface area contributed by atoms with Gasteiger partial charge >= 0.3 is 0 Å². The molecule has 2 aromatic carbocycles. The number of hydrogen-bond donors (Lipinski definition) is 2. The van der Waals surface area contributed by atoms with Crippen LogP contribution in [0.3, 0.4) is 0 Å². The lowest BCUT2D eigenvalue weighted by Crippen LogP contribution is -2.30. The summed E-state index contributed by atoms with van der Waals surface area (Å²) in [4.78, 5) is 0. The third-order valence-corrected chi connectivity index (χ3v) is 3.84. The van der Waals surface area contributed by atoms with Gasteiger partial charge in [0, 0.05) is 15.1 Å². The van der Waals surface area contributed by atoms with E-state index in [1.54, 1.807) is 18.2 Å². The van der Waals surface area contributed by atoms with E-state index in [1.165, 1.54) is 18.2 Å². The molecule has 0 aliphatic carbocycles. The second-order valence-corrected chi connectivity index (χ2v) is 5.61. The van der Waals surface area contributed by atoms with Crippen molar-refractivity contribution in [3.63, 3.8) is 0 Å². The van der Waals surface area contributed by atoms with Gasteiger partial charge in [-0.25, -0.2) is 8.78 Å². The standard InChI is InChI=1S/C14H12BrClF2N2/c15-8-4-5-11(16)9(6-8)14(20-19)7-10-12(17)2-1-3-13(10)18/h1-6,14,20H,7,19H2. The molecular weight excluding hydrogens is 350 g/mol. The molecule has 1 atom stereocenters. The Hall–Kier alpha value is -1.01. The molecule has 0 aromatic heterocycles. The van der Waals surface area contributed by atoms with Crippen LogP contribution in [-0.4, -0.2) is 0 Å². The molecule has 0 aliphatic rings. The molecule has 0 amide bonds. The maximum atomic E-state index is 13.7. The van der Waals surface area contributed by atoms with E-state index in [4.69, 9.17) is 17.4 Å². The molecule has 0 spiro atoms. The van der Waals surface area contributed by atoms with Crippen molar-refractivity contribution in [2.45, 2.75) is 12.5 Å². The summed E-state index contributed by atoms with van der Waals surface area (Å²) >= 11 is 9.44. The zero-order valence-corrected chi connectivity index (χ0v) is 12.7. The zero-order chi connectivity index (χ0) is 14.7. The third kappa shape index (κ3) is 3.35. The van der Waals surface area contributed by atoms with E-state index in [0.29, 0.717) is 10.6 Å². The molecule has 6 heteroatoms. The fourth-order valence-electron chi connectivity index (χ4n) is 1.97. The second-order valence-electron chi connectivity index (χ2n) is 4.29. The van der Waals surface area contributed by atoms with Crippen molar-refractivity contribution in [3.05, 3.63) is 68.7 Å². The maximum Gasteiger partial charge on any atom is 0.129 e. The highest BCUT2D eigenvalue weighted by molar-refractivity contribution is 9.10. The molecule has 0 bridgehead atoms. The lowest BCUT2D eigenvalue weighted by atomic mass is 9.98. The summed E-state index contributed by atoms with van der Waals surface area (Å²) in [6.07, 6.45) is 0.0607. The summed E-state index contributed by atoms with van der Waals surface area (Å²) in [5.41, 5.74) is 3.20. The average molecular weight is 362 g/mol. The molecule has 0 saturated heterocycles. The first-order valence-corrected chi connectivity index (χ1v) is 7.04. The van der Waals surface area contributed by atoms with Crippen molar-refractivity contribution in [1.82, 2.24) is 5.43 Å². The van der Waals surface area contributed by atoms with Gasteiger partial charge in [-0.05, 0) is 42.3 Å². The van der Waals surface area contributed by atoms with Crippen molar-refractivity contribution < 1.29 is 8.78 Å². The topological polar surface area (TPSA) is 38.0 Å². The molecule has 106 valence electrons. The molecular formula is C14H12BrClF2N2. The Morgan fingerprint density at radius 2 is 1.85 bits per heavy atom. The van der Waals surface area contributed by atoms with Crippen LogP contribution in [0.15, 0.2) is 40.9 Å². The second kappa shape index (κ2) is 6.63. The summed E-state index contributed by atoms with van der Waals surface area (Å²) in [5, 5.41) is 0.480. The van der Waals surface area contributed by atoms with E-state index in [1.807, 2.05) is 0 Å². The Morgan fingerprint density at radius 3 is 2.45 bits per heavy atom. The fraction of sp³-hybridized carbons (Fsp3) is 0.143. The van der Waals surface area contributed by atoms with Crippen LogP contribution in [0.4, 0.5) is 8.78 Å². The summed E-state index contributed by atoms with van der Waals surface area (Å²) in [6, 6.07) is 8.51. The van der Waals surface area contributed by atoms with Crippen molar-refractivity contribution in [2.75, 3.05) is 0 Å². The first-order chi connectivity index (χ1) is 9.52. The van der Waals surface area contributed by atoms with Crippen LogP contribution in [0, 0.1) is 11.6 Å². The van der Waals surface area contributed by atoms with Crippen LogP contribution >= 0.6 is 27.5 Å². The summed E-state index contributed by atoms with van der Waals surface area (Å²) in [5.74, 6) is 4.30. The maximum absolute atomic E-state index is 13.7. The quantitative estimate of drug-likeness (QED) is 0.635. The van der Waals surface area contributed by atoms with Crippen LogP contribution in [0.25, 0.3) is 0 Å². The van der Waals surface area contributed by atoms with E-state index < -0.39 is 17.7 Å². The van der Waals surface area contributed by atoms with Crippen molar-refractivity contribution in [3.8, 4) is 0 Å². The van der Waals surface area contributed by atoms with Gasteiger partial charge in [-0.2, -0.15) is 0 Å². The van der Waals surface area contributed by atoms with Crippen LogP contribution in [0.2, 0.25) is 5.02 Å². The van der Waals surface area contributed by atoms with Gasteiger partial charge in [-0.3, -0.25) is 11.3 Å². The number of benzene rings is 2. The molecule has 0 fully saturated rings. The summed E-state index contributed by atoms with van der Waals surface area (Å²) < 4.78 is 28.2. The van der Waals surface area contributed by atoms with Gasteiger partial charge in [-0.15, -0.1) is 0 Å². The Morgan fingerprint density at radius 1 is 1.20 bits per heavy atom. The minimum absolute atomic E-state index is 0.0218. The molecule has 2 rings (SSSR count). The smallest absolute Gasteiger partial charge is 0.129 e. The molecule has 1 unspecified atom stereocenters. The van der Waals surface area contributed by atoms with E-state index in [0.717, 1.165) is 4.47 Å². The minimum Gasteiger partial charge on any atom is -0.271 e. The Balaban J connectivity index is 2.36. The van der Waals surface area contributed by atoms with Crippen molar-refractivity contribution in [1.29, 1.82) is 0 Å². The van der Waals surface area contributed by atoms with Crippen molar-refractivity contribution in [2.24, 2.45) is 5.84 Å². The number of nitrogens with two attached hydrogens (primary N) is 1. The van der Waals surface area contributed by atoms with Crippen LogP contribution in [0.1, 0.15) is 17.2 Å². The first kappa shape index (κ1) is 15.4. The van der Waals surface area contributed by atoms with E-state index in [-0.39, 0.29) is 12.0 Å². The van der Waals surface area contributed by atoms with Gasteiger partial charge in [0.05, 0.1) is 6.04 Å². The highest BCUT2D eigenvalue weighted by Crippen LogP contribution is 2.29. The molecule has 0 saturated carbocycles. The number of rotatable bonds is 4. The van der Waals surface area contributed by atoms with Crippen molar-refractivity contribution >= 4 is 27.5 Å². The molecule has 3 N–H and O–H groups in total. The molecule has 0 aliphatic heterocycles. The van der Waals surface area contributed by atoms with Crippen LogP contribution in [-0.2, 0) is 6.42 Å². The van der Waals surface area contributed by atoms with Gasteiger partial charge in [-0.1, -0.05) is 33.6 Å². The normalized spacial score (nSPS) is 12.4. The lowest BCUT2D eigenvalue weighted by Gasteiger charge is -2.19. The van der Waals surface area contributed by atoms with Gasteiger partial charge in [0.15, 0.2) is 0 Å². The predicted octanol–water partition coefficient (Wildman–Crippen LogP) is 4.13. The Labute approximate surface area is 129 Å². The van der Waals surface area contributed by atoms with Crippen LogP contribution in [0.5, 0.6) is 0 Å². The van der Waals surface area contributed by atoms with E-state index >= 15 is 0 Å². The molecule has 0 heterocycles. The number of hydrogen-bond acceptors (Lipinski definition) is 2. The molecule has 0 radical (unpaired) electrons. The molecule has 20 heavy (non-hydrogen) atoms. The van der Waals surface area contributed by atoms with Gasteiger partial charge in [0.25, 0.3) is 0 Å². The zero-order valence-electron chi connectivity index (χ0n) is 10.3. The Kier molecular flexibility index (Phi) is 5.10.